The lowest BCUT2D eigenvalue weighted by Crippen LogP contribution is -2.25. The predicted octanol–water partition coefficient (Wildman–Crippen LogP) is 1.67. The average Bonchev–Trinajstić information content (AvgIpc) is 3.02. The van der Waals surface area contributed by atoms with E-state index in [1.165, 1.54) is 6.08 Å². The molecule has 0 aliphatic heterocycles. The molecular weight excluding hydrogens is 266 g/mol. The van der Waals surface area contributed by atoms with Gasteiger partial charge < -0.3 is 9.88 Å². The Labute approximate surface area is 122 Å². The summed E-state index contributed by atoms with van der Waals surface area (Å²) in [6, 6.07) is 7.18. The maximum atomic E-state index is 11.8. The van der Waals surface area contributed by atoms with E-state index >= 15 is 0 Å². The maximum Gasteiger partial charge on any atom is 0.233 e. The number of Topliss-reactive ketones (excluding diaryl/α,β-unsaturated/α-hetero) is 1. The number of imidazole rings is 1. The largest absolute Gasteiger partial charge is 0.384 e. The second-order valence-corrected chi connectivity index (χ2v) is 4.88. The first-order valence-corrected chi connectivity index (χ1v) is 6.85. The van der Waals surface area contributed by atoms with Crippen molar-refractivity contribution in [1.82, 2.24) is 14.9 Å². The van der Waals surface area contributed by atoms with Crippen LogP contribution in [0.5, 0.6) is 0 Å². The summed E-state index contributed by atoms with van der Waals surface area (Å²) in [6.45, 7) is 1.58. The summed E-state index contributed by atoms with van der Waals surface area (Å²) in [7, 11) is 0. The standard InChI is InChI=1S/C16H15N3O2/c20-15-10-14(12-4-1-2-5-13(12)16(15)21)18-6-3-8-19-9-7-17-11-19/h1-2,4-5,7,9-11,18H,3,6,8H2. The molecule has 5 nitrogen and oxygen atoms in total. The minimum atomic E-state index is -0.467. The van der Waals surface area contributed by atoms with Gasteiger partial charge in [-0.15, -0.1) is 0 Å². The van der Waals surface area contributed by atoms with Gasteiger partial charge in [-0.2, -0.15) is 0 Å². The van der Waals surface area contributed by atoms with E-state index in [-0.39, 0.29) is 0 Å². The zero-order chi connectivity index (χ0) is 14.7. The SMILES string of the molecule is O=C1C=C(NCCCn2ccnc2)c2ccccc2C1=O. The lowest BCUT2D eigenvalue weighted by molar-refractivity contribution is -0.111. The number of nitrogens with zero attached hydrogens (tertiary/aromatic N) is 2. The van der Waals surface area contributed by atoms with E-state index in [9.17, 15) is 9.59 Å². The van der Waals surface area contributed by atoms with Gasteiger partial charge in [-0.3, -0.25) is 9.59 Å². The van der Waals surface area contributed by atoms with Crippen LogP contribution in [0.15, 0.2) is 49.1 Å². The van der Waals surface area contributed by atoms with Crippen LogP contribution in [-0.2, 0) is 11.3 Å². The first-order valence-electron chi connectivity index (χ1n) is 6.85. The molecule has 21 heavy (non-hydrogen) atoms. The highest BCUT2D eigenvalue weighted by Gasteiger charge is 2.24. The van der Waals surface area contributed by atoms with Crippen molar-refractivity contribution in [3.8, 4) is 0 Å². The van der Waals surface area contributed by atoms with Crippen molar-refractivity contribution in [2.75, 3.05) is 6.54 Å². The van der Waals surface area contributed by atoms with E-state index in [0.29, 0.717) is 5.56 Å². The van der Waals surface area contributed by atoms with Gasteiger partial charge in [0.05, 0.1) is 6.33 Å². The lowest BCUT2D eigenvalue weighted by atomic mass is 9.93. The van der Waals surface area contributed by atoms with Gasteiger partial charge in [0, 0.05) is 48.4 Å². The van der Waals surface area contributed by atoms with Crippen LogP contribution in [-0.4, -0.2) is 27.7 Å². The van der Waals surface area contributed by atoms with E-state index in [4.69, 9.17) is 0 Å². The molecule has 5 heteroatoms. The van der Waals surface area contributed by atoms with E-state index in [1.54, 1.807) is 24.7 Å². The van der Waals surface area contributed by atoms with Crippen molar-refractivity contribution in [1.29, 1.82) is 0 Å². The minimum Gasteiger partial charge on any atom is -0.384 e. The van der Waals surface area contributed by atoms with Gasteiger partial charge in [-0.1, -0.05) is 24.3 Å². The maximum absolute atomic E-state index is 11.8. The van der Waals surface area contributed by atoms with E-state index in [0.717, 1.165) is 30.8 Å². The Balaban J connectivity index is 1.66. The monoisotopic (exact) mass is 281 g/mol. The Morgan fingerprint density at radius 3 is 2.71 bits per heavy atom. The van der Waals surface area contributed by atoms with Crippen LogP contribution in [0, 0.1) is 0 Å². The number of carbonyl (C=O) groups excluding carboxylic acids is 2. The number of hydrogen-bond acceptors (Lipinski definition) is 4. The fraction of sp³-hybridized carbons (Fsp3) is 0.188. The summed E-state index contributed by atoms with van der Waals surface area (Å²) < 4.78 is 2.00. The Morgan fingerprint density at radius 1 is 1.14 bits per heavy atom. The van der Waals surface area contributed by atoms with E-state index in [1.807, 2.05) is 22.9 Å². The van der Waals surface area contributed by atoms with Gasteiger partial charge in [-0.25, -0.2) is 4.98 Å². The lowest BCUT2D eigenvalue weighted by Gasteiger charge is -2.17. The third-order valence-electron chi connectivity index (χ3n) is 3.43. The second-order valence-electron chi connectivity index (χ2n) is 4.88. The van der Waals surface area contributed by atoms with Crippen molar-refractivity contribution >= 4 is 17.3 Å². The molecule has 1 aromatic carbocycles. The van der Waals surface area contributed by atoms with Crippen LogP contribution < -0.4 is 5.32 Å². The highest BCUT2D eigenvalue weighted by molar-refractivity contribution is 6.50. The molecule has 0 saturated heterocycles. The number of allylic oxidation sites excluding steroid dienone is 1. The zero-order valence-electron chi connectivity index (χ0n) is 11.5. The normalized spacial score (nSPS) is 13.8. The Morgan fingerprint density at radius 2 is 1.95 bits per heavy atom. The molecule has 1 N–H and O–H groups in total. The van der Waals surface area contributed by atoms with Crippen LogP contribution >= 0.6 is 0 Å². The first kappa shape index (κ1) is 13.3. The number of aromatic nitrogens is 2. The van der Waals surface area contributed by atoms with Gasteiger partial charge in [0.1, 0.15) is 0 Å². The van der Waals surface area contributed by atoms with Crippen LogP contribution in [0.2, 0.25) is 0 Å². The summed E-state index contributed by atoms with van der Waals surface area (Å²) >= 11 is 0. The molecule has 0 saturated carbocycles. The Hall–Kier alpha value is -2.69. The summed E-state index contributed by atoms with van der Waals surface area (Å²) in [5.41, 5.74) is 1.99. The second kappa shape index (κ2) is 5.75. The van der Waals surface area contributed by atoms with Crippen LogP contribution in [0.3, 0.4) is 0 Å². The smallest absolute Gasteiger partial charge is 0.233 e. The number of ketones is 2. The molecule has 1 aliphatic rings. The van der Waals surface area contributed by atoms with Crippen molar-refractivity contribution in [3.63, 3.8) is 0 Å². The molecule has 3 rings (SSSR count). The summed E-state index contributed by atoms with van der Waals surface area (Å²) in [6.07, 6.45) is 7.73. The van der Waals surface area contributed by atoms with Crippen LogP contribution in [0.1, 0.15) is 22.3 Å². The Bertz CT molecular complexity index is 702. The molecule has 106 valence electrons. The van der Waals surface area contributed by atoms with Crippen LogP contribution in [0.25, 0.3) is 5.70 Å². The molecule has 1 aliphatic carbocycles. The molecular formula is C16H15N3O2. The highest BCUT2D eigenvalue weighted by atomic mass is 16.2. The van der Waals surface area contributed by atoms with Gasteiger partial charge in [0.25, 0.3) is 0 Å². The number of hydrogen-bond donors (Lipinski definition) is 1. The van der Waals surface area contributed by atoms with Crippen molar-refractivity contribution in [2.24, 2.45) is 0 Å². The van der Waals surface area contributed by atoms with E-state index in [2.05, 4.69) is 10.3 Å². The fourth-order valence-corrected chi connectivity index (χ4v) is 2.37. The number of benzene rings is 1. The molecule has 0 amide bonds. The van der Waals surface area contributed by atoms with Crippen molar-refractivity contribution < 1.29 is 9.59 Å². The molecule has 0 atom stereocenters. The van der Waals surface area contributed by atoms with Gasteiger partial charge in [0.15, 0.2) is 0 Å². The minimum absolute atomic E-state index is 0.436. The first-order chi connectivity index (χ1) is 10.3. The molecule has 1 aromatic heterocycles. The molecule has 0 bridgehead atoms. The topological polar surface area (TPSA) is 64.0 Å². The van der Waals surface area contributed by atoms with Gasteiger partial charge in [-0.05, 0) is 6.42 Å². The molecule has 0 unspecified atom stereocenters. The molecule has 0 radical (unpaired) electrons. The number of fused-ring (bicyclic) bond motifs is 1. The van der Waals surface area contributed by atoms with Crippen LogP contribution in [0.4, 0.5) is 0 Å². The summed E-state index contributed by atoms with van der Waals surface area (Å²) in [5.74, 6) is -0.902. The van der Waals surface area contributed by atoms with Gasteiger partial charge in [0.2, 0.25) is 11.6 Å². The van der Waals surface area contributed by atoms with Crippen molar-refractivity contribution in [3.05, 3.63) is 60.2 Å². The fourth-order valence-electron chi connectivity index (χ4n) is 2.37. The summed E-state index contributed by atoms with van der Waals surface area (Å²) in [5, 5.41) is 3.25. The van der Waals surface area contributed by atoms with Gasteiger partial charge >= 0.3 is 0 Å². The molecule has 0 spiro atoms. The third kappa shape index (κ3) is 2.76. The molecule has 1 heterocycles. The number of aryl methyl sites for hydroxylation is 1. The third-order valence-corrected chi connectivity index (χ3v) is 3.43. The number of carbonyl (C=O) groups is 2. The zero-order valence-corrected chi connectivity index (χ0v) is 11.5. The average molecular weight is 281 g/mol. The Kier molecular flexibility index (Phi) is 3.64. The highest BCUT2D eigenvalue weighted by Crippen LogP contribution is 2.22. The van der Waals surface area contributed by atoms with E-state index < -0.39 is 11.6 Å². The summed E-state index contributed by atoms with van der Waals surface area (Å²) in [4.78, 5) is 27.5. The molecule has 0 fully saturated rings. The quantitative estimate of drug-likeness (QED) is 0.669. The number of nitrogens with one attached hydrogen (secondary N) is 1. The molecule has 2 aromatic rings. The number of rotatable bonds is 5. The van der Waals surface area contributed by atoms with Crippen molar-refractivity contribution in [2.45, 2.75) is 13.0 Å². The predicted molar refractivity (Wildman–Crippen MR) is 78.6 cm³/mol.